The highest BCUT2D eigenvalue weighted by Gasteiger charge is 2.42. The first-order valence-electron chi connectivity index (χ1n) is 11.2. The van der Waals surface area contributed by atoms with Gasteiger partial charge in [0.1, 0.15) is 0 Å². The molecular formula is C28H21N3O3. The lowest BCUT2D eigenvalue weighted by atomic mass is 9.95. The van der Waals surface area contributed by atoms with Crippen molar-refractivity contribution in [2.45, 2.75) is 18.9 Å². The van der Waals surface area contributed by atoms with Gasteiger partial charge in [0.25, 0.3) is 11.8 Å². The van der Waals surface area contributed by atoms with Gasteiger partial charge in [0.15, 0.2) is 0 Å². The molecule has 6 rings (SSSR count). The molecule has 0 saturated carbocycles. The van der Waals surface area contributed by atoms with Gasteiger partial charge in [0, 0.05) is 5.56 Å². The Morgan fingerprint density at radius 3 is 2.12 bits per heavy atom. The Bertz CT molecular complexity index is 1390. The fraction of sp³-hybridized carbons (Fsp3) is 0.143. The van der Waals surface area contributed by atoms with Crippen LogP contribution in [0.5, 0.6) is 5.88 Å². The largest absolute Gasteiger partial charge is 0.480 e. The predicted octanol–water partition coefficient (Wildman–Crippen LogP) is 5.10. The summed E-state index contributed by atoms with van der Waals surface area (Å²) in [4.78, 5) is 36.2. The van der Waals surface area contributed by atoms with Crippen molar-refractivity contribution in [1.82, 2.24) is 14.9 Å². The molecule has 0 saturated heterocycles. The van der Waals surface area contributed by atoms with E-state index in [0.29, 0.717) is 17.0 Å². The second kappa shape index (κ2) is 7.92. The van der Waals surface area contributed by atoms with Gasteiger partial charge in [-0.05, 0) is 47.2 Å². The highest BCUT2D eigenvalue weighted by molar-refractivity contribution is 6.21. The molecule has 1 unspecified atom stereocenters. The summed E-state index contributed by atoms with van der Waals surface area (Å²) in [6.07, 6.45) is 4.85. The maximum absolute atomic E-state index is 13.1. The number of fused-ring (bicyclic) bond motifs is 2. The average molecular weight is 447 g/mol. The molecule has 1 atom stereocenters. The number of ether oxygens (including phenoxy) is 1. The Kier molecular flexibility index (Phi) is 4.73. The fourth-order valence-electron chi connectivity index (χ4n) is 5.05. The van der Waals surface area contributed by atoms with Crippen LogP contribution in [0.1, 0.15) is 44.3 Å². The van der Waals surface area contributed by atoms with Crippen LogP contribution in [0.2, 0.25) is 0 Å². The number of hydrogen-bond donors (Lipinski definition) is 0. The van der Waals surface area contributed by atoms with E-state index in [0.717, 1.165) is 40.8 Å². The van der Waals surface area contributed by atoms with Gasteiger partial charge in [0.05, 0.1) is 42.4 Å². The number of methoxy groups -OCH3 is 1. The maximum atomic E-state index is 13.1. The average Bonchev–Trinajstić information content (AvgIpc) is 3.42. The lowest BCUT2D eigenvalue weighted by Gasteiger charge is -2.23. The molecular weight excluding hydrogens is 426 g/mol. The van der Waals surface area contributed by atoms with Crippen LogP contribution in [0.25, 0.3) is 22.4 Å². The number of carbonyl (C=O) groups excluding carboxylic acids is 2. The van der Waals surface area contributed by atoms with E-state index in [1.165, 1.54) is 10.5 Å². The molecule has 0 N–H and O–H groups in total. The third-order valence-corrected chi connectivity index (χ3v) is 6.71. The summed E-state index contributed by atoms with van der Waals surface area (Å²) in [6.45, 7) is 0. The number of hydrogen-bond acceptors (Lipinski definition) is 5. The first-order valence-corrected chi connectivity index (χ1v) is 11.2. The minimum absolute atomic E-state index is 0.200. The number of aromatic nitrogens is 2. The van der Waals surface area contributed by atoms with Gasteiger partial charge in [-0.1, -0.05) is 54.6 Å². The molecule has 4 aromatic rings. The first-order chi connectivity index (χ1) is 16.7. The lowest BCUT2D eigenvalue weighted by Crippen LogP contribution is -2.33. The molecule has 0 radical (unpaired) electrons. The lowest BCUT2D eigenvalue weighted by molar-refractivity contribution is 0.0582. The molecule has 2 heterocycles. The minimum atomic E-state index is -0.240. The van der Waals surface area contributed by atoms with E-state index in [9.17, 15) is 9.59 Å². The highest BCUT2D eigenvalue weighted by atomic mass is 16.5. The highest BCUT2D eigenvalue weighted by Crippen LogP contribution is 2.43. The third-order valence-electron chi connectivity index (χ3n) is 6.71. The summed E-state index contributed by atoms with van der Waals surface area (Å²) < 4.78 is 5.08. The number of carbonyl (C=O) groups is 2. The molecule has 166 valence electrons. The molecule has 1 aliphatic heterocycles. The zero-order valence-electron chi connectivity index (χ0n) is 18.6. The van der Waals surface area contributed by atoms with Crippen LogP contribution in [-0.2, 0) is 6.42 Å². The van der Waals surface area contributed by atoms with Crippen LogP contribution in [-0.4, -0.2) is 33.8 Å². The van der Waals surface area contributed by atoms with Gasteiger partial charge >= 0.3 is 0 Å². The Labute approximate surface area is 196 Å². The van der Waals surface area contributed by atoms with Crippen molar-refractivity contribution in [1.29, 1.82) is 0 Å². The summed E-state index contributed by atoms with van der Waals surface area (Å²) in [5.41, 5.74) is 7.20. The van der Waals surface area contributed by atoms with Gasteiger partial charge < -0.3 is 4.74 Å². The van der Waals surface area contributed by atoms with Crippen molar-refractivity contribution in [3.8, 4) is 28.3 Å². The zero-order valence-corrected chi connectivity index (χ0v) is 18.6. The van der Waals surface area contributed by atoms with Crippen molar-refractivity contribution in [2.75, 3.05) is 7.11 Å². The van der Waals surface area contributed by atoms with Gasteiger partial charge in [-0.3, -0.25) is 14.5 Å². The standard InChI is InChI=1S/C28H21N3O3/c1-34-26-16-29-24(15-30-26)18-11-9-17(10-12-18)19-7-4-8-21-20(19)13-14-25(21)31-27(32)22-5-2-3-6-23(22)28(31)33/h2-12,15-16,25H,13-14H2,1H3. The normalized spacial score (nSPS) is 16.5. The molecule has 2 amide bonds. The maximum Gasteiger partial charge on any atom is 0.262 e. The Hall–Kier alpha value is -4.32. The molecule has 3 aromatic carbocycles. The smallest absolute Gasteiger partial charge is 0.262 e. The van der Waals surface area contributed by atoms with Crippen molar-refractivity contribution in [2.24, 2.45) is 0 Å². The molecule has 34 heavy (non-hydrogen) atoms. The van der Waals surface area contributed by atoms with E-state index < -0.39 is 0 Å². The van der Waals surface area contributed by atoms with Crippen molar-refractivity contribution >= 4 is 11.8 Å². The van der Waals surface area contributed by atoms with Gasteiger partial charge in [-0.25, -0.2) is 9.97 Å². The number of imide groups is 1. The summed E-state index contributed by atoms with van der Waals surface area (Å²) in [6, 6.07) is 21.2. The monoisotopic (exact) mass is 447 g/mol. The van der Waals surface area contributed by atoms with E-state index in [1.807, 2.05) is 24.3 Å². The second-order valence-electron chi connectivity index (χ2n) is 8.48. The SMILES string of the molecule is COc1cnc(-c2ccc(-c3cccc4c3CCC4N3C(=O)c4ccccc4C3=O)cc2)cn1. The van der Waals surface area contributed by atoms with Crippen LogP contribution in [0.3, 0.4) is 0 Å². The van der Waals surface area contributed by atoms with Crippen LogP contribution in [0.15, 0.2) is 79.1 Å². The molecule has 2 aliphatic rings. The number of nitrogens with zero attached hydrogens (tertiary/aromatic N) is 3. The van der Waals surface area contributed by atoms with Gasteiger partial charge in [0.2, 0.25) is 5.88 Å². The predicted molar refractivity (Wildman–Crippen MR) is 127 cm³/mol. The fourth-order valence-corrected chi connectivity index (χ4v) is 5.05. The topological polar surface area (TPSA) is 72.4 Å². The molecule has 6 nitrogen and oxygen atoms in total. The Balaban J connectivity index is 1.32. The van der Waals surface area contributed by atoms with Crippen molar-refractivity contribution in [3.63, 3.8) is 0 Å². The Morgan fingerprint density at radius 1 is 0.794 bits per heavy atom. The van der Waals surface area contributed by atoms with Crippen LogP contribution < -0.4 is 4.74 Å². The minimum Gasteiger partial charge on any atom is -0.480 e. The van der Waals surface area contributed by atoms with E-state index in [2.05, 4.69) is 28.2 Å². The number of benzene rings is 3. The molecule has 0 spiro atoms. The molecule has 0 fully saturated rings. The van der Waals surface area contributed by atoms with Crippen molar-refractivity contribution < 1.29 is 14.3 Å². The van der Waals surface area contributed by atoms with Gasteiger partial charge in [-0.15, -0.1) is 0 Å². The van der Waals surface area contributed by atoms with Crippen LogP contribution in [0, 0.1) is 0 Å². The molecule has 6 heteroatoms. The van der Waals surface area contributed by atoms with E-state index >= 15 is 0 Å². The van der Waals surface area contributed by atoms with E-state index in [-0.39, 0.29) is 17.9 Å². The quantitative estimate of drug-likeness (QED) is 0.407. The number of rotatable bonds is 4. The van der Waals surface area contributed by atoms with E-state index in [4.69, 9.17) is 4.74 Å². The van der Waals surface area contributed by atoms with Crippen molar-refractivity contribution in [3.05, 3.63) is 101 Å². The van der Waals surface area contributed by atoms with E-state index in [1.54, 1.807) is 43.8 Å². The molecule has 1 aromatic heterocycles. The summed E-state index contributed by atoms with van der Waals surface area (Å²) >= 11 is 0. The summed E-state index contributed by atoms with van der Waals surface area (Å²) in [7, 11) is 1.57. The zero-order chi connectivity index (χ0) is 23.2. The second-order valence-corrected chi connectivity index (χ2v) is 8.48. The third kappa shape index (κ3) is 3.10. The van der Waals surface area contributed by atoms with Gasteiger partial charge in [-0.2, -0.15) is 0 Å². The number of amides is 2. The van der Waals surface area contributed by atoms with Crippen LogP contribution >= 0.6 is 0 Å². The summed E-state index contributed by atoms with van der Waals surface area (Å²) in [5.74, 6) is 0.0791. The van der Waals surface area contributed by atoms with Crippen LogP contribution in [0.4, 0.5) is 0 Å². The molecule has 0 bridgehead atoms. The first kappa shape index (κ1) is 20.3. The molecule has 1 aliphatic carbocycles. The Morgan fingerprint density at radius 2 is 1.47 bits per heavy atom. The summed E-state index contributed by atoms with van der Waals surface area (Å²) in [5, 5.41) is 0.